The maximum Gasteiger partial charge on any atom is 0.332 e. The van der Waals surface area contributed by atoms with Crippen LogP contribution in [0.4, 0.5) is 0 Å². The summed E-state index contributed by atoms with van der Waals surface area (Å²) in [6, 6.07) is 0. The lowest BCUT2D eigenvalue weighted by Gasteiger charge is -2.15. The van der Waals surface area contributed by atoms with Crippen LogP contribution in [-0.4, -0.2) is 70.3 Å². The summed E-state index contributed by atoms with van der Waals surface area (Å²) < 4.78 is 14.9. The zero-order valence-electron chi connectivity index (χ0n) is 13.7. The molecule has 0 bridgehead atoms. The number of hydrogen-bond donors (Lipinski definition) is 4. The molecule has 0 saturated carbocycles. The van der Waals surface area contributed by atoms with Crippen LogP contribution in [0.5, 0.6) is 0 Å². The molecule has 0 saturated heterocycles. The molecule has 11 nitrogen and oxygen atoms in total. The zero-order chi connectivity index (χ0) is 19.7. The van der Waals surface area contributed by atoms with Gasteiger partial charge in [-0.2, -0.15) is 0 Å². The molecular weight excluding hydrogens is 418 g/mol. The molecule has 0 aromatic rings. The van der Waals surface area contributed by atoms with Crippen LogP contribution >= 0.6 is 30.2 Å². The minimum atomic E-state index is -1.94. The van der Waals surface area contributed by atoms with E-state index in [-0.39, 0.29) is 57.9 Å². The lowest BCUT2D eigenvalue weighted by atomic mass is 10.5. The maximum atomic E-state index is 10.3. The van der Waals surface area contributed by atoms with Crippen LogP contribution in [0.2, 0.25) is 0 Å². The highest BCUT2D eigenvalue weighted by Crippen LogP contribution is 2.39. The normalized spacial score (nSPS) is 9.62. The van der Waals surface area contributed by atoms with Crippen LogP contribution in [0.3, 0.4) is 0 Å². The molecule has 1 unspecified atom stereocenters. The van der Waals surface area contributed by atoms with Crippen LogP contribution in [0.15, 0.2) is 0 Å². The first kappa shape index (κ1) is 29.7. The third kappa shape index (κ3) is 27.7. The van der Waals surface area contributed by atoms with E-state index in [0.717, 1.165) is 0 Å². The molecule has 0 rings (SSSR count). The average Bonchev–Trinajstić information content (AvgIpc) is 2.46. The van der Waals surface area contributed by atoms with Gasteiger partial charge in [0.2, 0.25) is 0 Å². The van der Waals surface area contributed by atoms with Crippen molar-refractivity contribution in [3.8, 4) is 0 Å². The van der Waals surface area contributed by atoms with Gasteiger partial charge in [-0.05, 0) is 6.16 Å². The molecule has 154 valence electrons. The molecule has 1 atom stereocenters. The predicted molar refractivity (Wildman–Crippen MR) is 95.6 cm³/mol. The van der Waals surface area contributed by atoms with Crippen molar-refractivity contribution in [2.45, 2.75) is 25.7 Å². The van der Waals surface area contributed by atoms with Crippen molar-refractivity contribution in [2.75, 3.05) is 26.0 Å². The van der Waals surface area contributed by atoms with Crippen molar-refractivity contribution in [2.24, 2.45) is 0 Å². The van der Waals surface area contributed by atoms with Gasteiger partial charge in [0.1, 0.15) is 0 Å². The molecule has 4 N–H and O–H groups in total. The Bertz CT molecular complexity index is 374. The molecule has 0 aromatic carbocycles. The van der Waals surface area contributed by atoms with E-state index in [1.54, 1.807) is 0 Å². The Hall–Kier alpha value is -1.09. The summed E-state index contributed by atoms with van der Waals surface area (Å²) in [7, 11) is 0.400. The van der Waals surface area contributed by atoms with Gasteiger partial charge in [-0.25, -0.2) is 0 Å². The first-order valence-corrected chi connectivity index (χ1v) is 8.86. The number of carboxylic acids is 4. The number of carboxylic acid groups (broad SMARTS) is 4. The van der Waals surface area contributed by atoms with E-state index >= 15 is 0 Å². The van der Waals surface area contributed by atoms with Crippen molar-refractivity contribution in [3.05, 3.63) is 0 Å². The fourth-order valence-corrected chi connectivity index (χ4v) is 2.05. The summed E-state index contributed by atoms with van der Waals surface area (Å²) in [5.41, 5.74) is 0. The van der Waals surface area contributed by atoms with Gasteiger partial charge < -0.3 is 34.0 Å². The maximum absolute atomic E-state index is 10.3. The second kappa shape index (κ2) is 20.2. The van der Waals surface area contributed by atoms with Crippen molar-refractivity contribution in [3.63, 3.8) is 0 Å². The van der Waals surface area contributed by atoms with E-state index < -0.39 is 32.5 Å². The first-order valence-electron chi connectivity index (χ1n) is 6.95. The van der Waals surface area contributed by atoms with Gasteiger partial charge in [0.05, 0.1) is 39.1 Å². The molecule has 14 heteroatoms. The Kier molecular flexibility index (Phi) is 23.1. The number of halogens is 1. The highest BCUT2D eigenvalue weighted by atomic mass is 35.5. The summed E-state index contributed by atoms with van der Waals surface area (Å²) in [4.78, 5) is 40.4. The van der Waals surface area contributed by atoms with Gasteiger partial charge in [0.15, 0.2) is 0 Å². The van der Waals surface area contributed by atoms with Crippen LogP contribution in [-0.2, 0) is 32.7 Å². The van der Waals surface area contributed by atoms with Gasteiger partial charge in [0.25, 0.3) is 0 Å². The molecule has 0 radical (unpaired) electrons. The van der Waals surface area contributed by atoms with Crippen LogP contribution < -0.4 is 0 Å². The van der Waals surface area contributed by atoms with Crippen molar-refractivity contribution in [1.29, 1.82) is 0 Å². The topological polar surface area (TPSA) is 177 Å². The quantitative estimate of drug-likeness (QED) is 0.287. The molecular formula is C12H23ClO11P2. The molecule has 0 spiro atoms. The Morgan fingerprint density at radius 2 is 0.923 bits per heavy atom. The van der Waals surface area contributed by atoms with E-state index in [9.17, 15) is 19.2 Å². The fraction of sp³-hybridized carbons (Fsp3) is 0.667. The summed E-state index contributed by atoms with van der Waals surface area (Å²) in [5.74, 6) is -3.92. The van der Waals surface area contributed by atoms with Gasteiger partial charge in [0, 0.05) is 6.42 Å². The van der Waals surface area contributed by atoms with Crippen LogP contribution in [0, 0.1) is 0 Å². The second-order valence-electron chi connectivity index (χ2n) is 4.09. The average molecular weight is 441 g/mol. The number of rotatable bonds is 14. The SMILES string of the molecule is Cl.O=C(O)CCOP(OCCC(=O)O)OCCC(=O)O.O=C(O)CCP. The number of aliphatic carboxylic acids is 4. The predicted octanol–water partition coefficient (Wildman–Crippen LogP) is 1.45. The minimum Gasteiger partial charge on any atom is -0.481 e. The molecule has 26 heavy (non-hydrogen) atoms. The van der Waals surface area contributed by atoms with Gasteiger partial charge in [-0.1, -0.05) is 0 Å². The number of hydrogen-bond acceptors (Lipinski definition) is 7. The van der Waals surface area contributed by atoms with Crippen molar-refractivity contribution < 1.29 is 53.2 Å². The van der Waals surface area contributed by atoms with Gasteiger partial charge >= 0.3 is 32.5 Å². The lowest BCUT2D eigenvalue weighted by molar-refractivity contribution is -0.138. The van der Waals surface area contributed by atoms with Gasteiger partial charge in [-0.15, -0.1) is 21.6 Å². The molecule has 0 aliphatic carbocycles. The fourth-order valence-electron chi connectivity index (χ4n) is 0.858. The molecule has 0 fully saturated rings. The zero-order valence-corrected chi connectivity index (χ0v) is 16.6. The second-order valence-corrected chi connectivity index (χ2v) is 5.89. The van der Waals surface area contributed by atoms with E-state index in [4.69, 9.17) is 34.0 Å². The summed E-state index contributed by atoms with van der Waals surface area (Å²) in [6.45, 7) is -0.496. The third-order valence-electron chi connectivity index (χ3n) is 1.90. The Morgan fingerprint density at radius 3 is 1.08 bits per heavy atom. The Morgan fingerprint density at radius 1 is 0.654 bits per heavy atom. The first-order chi connectivity index (χ1) is 11.7. The minimum absolute atomic E-state index is 0. The van der Waals surface area contributed by atoms with E-state index in [1.807, 2.05) is 0 Å². The van der Waals surface area contributed by atoms with Crippen molar-refractivity contribution in [1.82, 2.24) is 0 Å². The molecule has 0 amide bonds. The smallest absolute Gasteiger partial charge is 0.332 e. The summed E-state index contributed by atoms with van der Waals surface area (Å²) in [6.07, 6.45) is 0.121. The molecule has 0 aliphatic rings. The number of carbonyl (C=O) groups is 4. The third-order valence-corrected chi connectivity index (χ3v) is 3.36. The Balaban J connectivity index is -0.000000649. The van der Waals surface area contributed by atoms with E-state index in [2.05, 4.69) is 9.24 Å². The largest absolute Gasteiger partial charge is 0.481 e. The standard InChI is InChI=1S/C9H15O9P.C3H7O2P.ClH/c10-7(11)1-4-16-19(17-5-2-8(12)13)18-6-3-9(14)15;4-3(5)1-2-6;/h1-6H2,(H,10,11)(H,12,13)(H,14,15);1-2,6H2,(H,4,5);1H. The van der Waals surface area contributed by atoms with Crippen LogP contribution in [0.1, 0.15) is 25.7 Å². The molecule has 0 aliphatic heterocycles. The van der Waals surface area contributed by atoms with E-state index in [1.165, 1.54) is 0 Å². The molecule has 0 heterocycles. The lowest BCUT2D eigenvalue weighted by Crippen LogP contribution is -2.07. The van der Waals surface area contributed by atoms with Crippen LogP contribution in [0.25, 0.3) is 0 Å². The summed E-state index contributed by atoms with van der Waals surface area (Å²) in [5, 5.41) is 33.1. The highest BCUT2D eigenvalue weighted by molar-refractivity contribution is 7.41. The Labute approximate surface area is 159 Å². The van der Waals surface area contributed by atoms with Crippen molar-refractivity contribution >= 4 is 54.1 Å². The molecule has 0 aromatic heterocycles. The highest BCUT2D eigenvalue weighted by Gasteiger charge is 2.15. The van der Waals surface area contributed by atoms with Gasteiger partial charge in [-0.3, -0.25) is 19.2 Å². The van der Waals surface area contributed by atoms with E-state index in [0.29, 0.717) is 6.16 Å². The summed E-state index contributed by atoms with van der Waals surface area (Å²) >= 11 is 0. The monoisotopic (exact) mass is 440 g/mol.